The summed E-state index contributed by atoms with van der Waals surface area (Å²) >= 11 is 1.65. The van der Waals surface area contributed by atoms with Gasteiger partial charge in [-0.05, 0) is 49.7 Å². The van der Waals surface area contributed by atoms with Crippen molar-refractivity contribution < 1.29 is 4.79 Å². The summed E-state index contributed by atoms with van der Waals surface area (Å²) in [7, 11) is 0. The summed E-state index contributed by atoms with van der Waals surface area (Å²) in [4.78, 5) is 17.0. The number of H-pyrrole nitrogens is 1. The molecule has 0 unspecified atom stereocenters. The Morgan fingerprint density at radius 2 is 2.04 bits per heavy atom. The number of thioether (sulfide) groups is 1. The first-order valence-corrected chi connectivity index (χ1v) is 8.81. The van der Waals surface area contributed by atoms with E-state index in [9.17, 15) is 4.79 Å². The molecule has 0 aliphatic heterocycles. The van der Waals surface area contributed by atoms with Crippen LogP contribution in [0.2, 0.25) is 0 Å². The average molecular weight is 336 g/mol. The van der Waals surface area contributed by atoms with Crippen LogP contribution in [-0.4, -0.2) is 16.6 Å². The highest BCUT2D eigenvalue weighted by molar-refractivity contribution is 7.99. The van der Waals surface area contributed by atoms with Gasteiger partial charge in [0.1, 0.15) is 0 Å². The van der Waals surface area contributed by atoms with Crippen molar-refractivity contribution >= 4 is 34.3 Å². The number of rotatable bonds is 5. The summed E-state index contributed by atoms with van der Waals surface area (Å²) in [5, 5.41) is 4.11. The first-order valence-electron chi connectivity index (χ1n) is 7.83. The van der Waals surface area contributed by atoms with Crippen molar-refractivity contribution in [3.8, 4) is 0 Å². The lowest BCUT2D eigenvalue weighted by Gasteiger charge is -2.10. The van der Waals surface area contributed by atoms with Crippen LogP contribution in [0.15, 0.2) is 60.0 Å². The Balaban J connectivity index is 1.87. The minimum atomic E-state index is -0.0955. The van der Waals surface area contributed by atoms with Gasteiger partial charge in [-0.15, -0.1) is 18.3 Å². The molecule has 24 heavy (non-hydrogen) atoms. The van der Waals surface area contributed by atoms with Crippen LogP contribution in [0, 0.1) is 13.8 Å². The maximum absolute atomic E-state index is 12.7. The minimum Gasteiger partial charge on any atom is -0.358 e. The highest BCUT2D eigenvalue weighted by Gasteiger charge is 2.12. The summed E-state index contributed by atoms with van der Waals surface area (Å²) in [5.74, 6) is 0.711. The lowest BCUT2D eigenvalue weighted by atomic mass is 10.1. The zero-order valence-electron chi connectivity index (χ0n) is 13.8. The molecular formula is C20H20N2OS. The number of amides is 1. The zero-order valence-corrected chi connectivity index (χ0v) is 14.7. The summed E-state index contributed by atoms with van der Waals surface area (Å²) in [5.41, 5.74) is 4.86. The fourth-order valence-electron chi connectivity index (χ4n) is 2.64. The number of aryl methyl sites for hydroxylation is 2. The van der Waals surface area contributed by atoms with Crippen molar-refractivity contribution in [2.24, 2.45) is 0 Å². The zero-order chi connectivity index (χ0) is 17.1. The Morgan fingerprint density at radius 3 is 2.83 bits per heavy atom. The lowest BCUT2D eigenvalue weighted by Crippen LogP contribution is -2.12. The van der Waals surface area contributed by atoms with Gasteiger partial charge in [-0.25, -0.2) is 0 Å². The second-order valence-corrected chi connectivity index (χ2v) is 6.75. The fraction of sp³-hybridized carbons (Fsp3) is 0.150. The van der Waals surface area contributed by atoms with Crippen LogP contribution < -0.4 is 5.32 Å². The fourth-order valence-corrected chi connectivity index (χ4v) is 3.39. The third kappa shape index (κ3) is 3.24. The maximum Gasteiger partial charge on any atom is 0.255 e. The molecular weight excluding hydrogens is 316 g/mol. The molecule has 0 aliphatic rings. The minimum absolute atomic E-state index is 0.0955. The molecule has 0 aliphatic carbocycles. The van der Waals surface area contributed by atoms with E-state index < -0.39 is 0 Å². The summed E-state index contributed by atoms with van der Waals surface area (Å²) < 4.78 is 0. The second kappa shape index (κ2) is 6.97. The Bertz CT molecular complexity index is 911. The van der Waals surface area contributed by atoms with E-state index in [0.29, 0.717) is 5.56 Å². The smallest absolute Gasteiger partial charge is 0.255 e. The first-order chi connectivity index (χ1) is 11.6. The van der Waals surface area contributed by atoms with Gasteiger partial charge in [0.2, 0.25) is 0 Å². The van der Waals surface area contributed by atoms with E-state index in [1.54, 1.807) is 11.8 Å². The molecule has 0 saturated carbocycles. The van der Waals surface area contributed by atoms with Gasteiger partial charge < -0.3 is 10.3 Å². The molecule has 0 bridgehead atoms. The first kappa shape index (κ1) is 16.4. The molecule has 2 N–H and O–H groups in total. The van der Waals surface area contributed by atoms with Crippen LogP contribution in [0.3, 0.4) is 0 Å². The van der Waals surface area contributed by atoms with Crippen molar-refractivity contribution in [1.29, 1.82) is 0 Å². The second-order valence-electron chi connectivity index (χ2n) is 5.69. The Labute approximate surface area is 146 Å². The van der Waals surface area contributed by atoms with E-state index in [2.05, 4.69) is 23.8 Å². The third-order valence-electron chi connectivity index (χ3n) is 4.06. The number of aromatic amines is 1. The van der Waals surface area contributed by atoms with Crippen LogP contribution in [0.4, 0.5) is 5.69 Å². The van der Waals surface area contributed by atoms with Crippen LogP contribution in [0.25, 0.3) is 10.9 Å². The van der Waals surface area contributed by atoms with Gasteiger partial charge in [-0.3, -0.25) is 4.79 Å². The maximum atomic E-state index is 12.7. The summed E-state index contributed by atoms with van der Waals surface area (Å²) in [6.07, 6.45) is 1.86. The van der Waals surface area contributed by atoms with E-state index in [-0.39, 0.29) is 5.91 Å². The number of carbonyl (C=O) groups is 1. The van der Waals surface area contributed by atoms with Gasteiger partial charge in [-0.2, -0.15) is 0 Å². The van der Waals surface area contributed by atoms with E-state index in [1.807, 2.05) is 55.5 Å². The Morgan fingerprint density at radius 1 is 1.25 bits per heavy atom. The number of anilines is 1. The lowest BCUT2D eigenvalue weighted by molar-refractivity contribution is 0.102. The topological polar surface area (TPSA) is 44.9 Å². The molecule has 1 heterocycles. The molecule has 0 fully saturated rings. The quantitative estimate of drug-likeness (QED) is 0.489. The van der Waals surface area contributed by atoms with Crippen molar-refractivity contribution in [2.75, 3.05) is 11.1 Å². The molecule has 0 radical (unpaired) electrons. The van der Waals surface area contributed by atoms with Crippen LogP contribution >= 0.6 is 11.8 Å². The molecule has 122 valence electrons. The molecule has 1 aromatic heterocycles. The van der Waals surface area contributed by atoms with Gasteiger partial charge in [-0.1, -0.05) is 18.2 Å². The van der Waals surface area contributed by atoms with E-state index in [1.165, 1.54) is 5.56 Å². The van der Waals surface area contributed by atoms with E-state index >= 15 is 0 Å². The average Bonchev–Trinajstić information content (AvgIpc) is 2.88. The molecule has 0 spiro atoms. The number of aromatic nitrogens is 1. The largest absolute Gasteiger partial charge is 0.358 e. The standard InChI is InChI=1S/C20H20N2OS/c1-4-11-24-19-8-6-5-7-18(19)22-20(23)15-9-10-17-16(12-15)13(2)14(3)21-17/h4-10,12,21H,1,11H2,2-3H3,(H,22,23). The highest BCUT2D eigenvalue weighted by Crippen LogP contribution is 2.28. The summed E-state index contributed by atoms with van der Waals surface area (Å²) in [6.45, 7) is 7.85. The van der Waals surface area contributed by atoms with Crippen molar-refractivity contribution in [1.82, 2.24) is 4.98 Å². The number of fused-ring (bicyclic) bond motifs is 1. The van der Waals surface area contributed by atoms with E-state index in [0.717, 1.165) is 32.9 Å². The number of hydrogen-bond acceptors (Lipinski definition) is 2. The summed E-state index contributed by atoms with van der Waals surface area (Å²) in [6, 6.07) is 13.6. The predicted octanol–water partition coefficient (Wildman–Crippen LogP) is 5.32. The van der Waals surface area contributed by atoms with E-state index in [4.69, 9.17) is 0 Å². The SMILES string of the molecule is C=CCSc1ccccc1NC(=O)c1ccc2[nH]c(C)c(C)c2c1. The van der Waals surface area contributed by atoms with Gasteiger partial charge in [0, 0.05) is 32.8 Å². The number of para-hydroxylation sites is 1. The Hall–Kier alpha value is -2.46. The normalized spacial score (nSPS) is 10.8. The molecule has 0 saturated heterocycles. The predicted molar refractivity (Wildman–Crippen MR) is 103 cm³/mol. The molecule has 4 heteroatoms. The molecule has 3 aromatic rings. The van der Waals surface area contributed by atoms with Gasteiger partial charge in [0.15, 0.2) is 0 Å². The number of hydrogen-bond donors (Lipinski definition) is 2. The number of nitrogens with one attached hydrogen (secondary N) is 2. The van der Waals surface area contributed by atoms with Crippen molar-refractivity contribution in [3.63, 3.8) is 0 Å². The molecule has 0 atom stereocenters. The monoisotopic (exact) mass is 336 g/mol. The van der Waals surface area contributed by atoms with Gasteiger partial charge >= 0.3 is 0 Å². The van der Waals surface area contributed by atoms with Crippen LogP contribution in [0.5, 0.6) is 0 Å². The molecule has 2 aromatic carbocycles. The number of benzene rings is 2. The Kier molecular flexibility index (Phi) is 4.76. The van der Waals surface area contributed by atoms with Crippen LogP contribution in [-0.2, 0) is 0 Å². The molecule has 1 amide bonds. The molecule has 3 nitrogen and oxygen atoms in total. The van der Waals surface area contributed by atoms with Crippen molar-refractivity contribution in [2.45, 2.75) is 18.7 Å². The van der Waals surface area contributed by atoms with Gasteiger partial charge in [0.05, 0.1) is 5.69 Å². The highest BCUT2D eigenvalue weighted by atomic mass is 32.2. The van der Waals surface area contributed by atoms with Gasteiger partial charge in [0.25, 0.3) is 5.91 Å². The third-order valence-corrected chi connectivity index (χ3v) is 5.13. The number of carbonyl (C=O) groups excluding carboxylic acids is 1. The molecule has 3 rings (SSSR count). The van der Waals surface area contributed by atoms with Crippen molar-refractivity contribution in [3.05, 3.63) is 71.9 Å². The van der Waals surface area contributed by atoms with Crippen LogP contribution in [0.1, 0.15) is 21.6 Å².